The van der Waals surface area contributed by atoms with E-state index in [0.717, 1.165) is 0 Å². The lowest BCUT2D eigenvalue weighted by atomic mass is 10.3. The minimum Gasteiger partial charge on any atom is -0.470 e. The van der Waals surface area contributed by atoms with Crippen LogP contribution in [-0.2, 0) is 14.3 Å². The second-order valence-corrected chi connectivity index (χ2v) is 5.09. The molecule has 2 unspecified atom stereocenters. The van der Waals surface area contributed by atoms with E-state index >= 15 is 0 Å². The average molecular weight is 232 g/mol. The van der Waals surface area contributed by atoms with Crippen LogP contribution >= 0.6 is 24.0 Å². The first-order valence-corrected chi connectivity index (χ1v) is 5.49. The first-order chi connectivity index (χ1) is 6.50. The second-order valence-electron chi connectivity index (χ2n) is 3.11. The van der Waals surface area contributed by atoms with Crippen LogP contribution in [0.5, 0.6) is 0 Å². The summed E-state index contributed by atoms with van der Waals surface area (Å²) in [5, 5.41) is 0.237. The molecule has 0 aromatic carbocycles. The van der Waals surface area contributed by atoms with E-state index in [-0.39, 0.29) is 23.9 Å². The normalized spacial score (nSPS) is 25.7. The summed E-state index contributed by atoms with van der Waals surface area (Å²) in [6.45, 7) is 7.33. The van der Waals surface area contributed by atoms with Gasteiger partial charge in [-0.2, -0.15) is 0 Å². The van der Waals surface area contributed by atoms with E-state index in [2.05, 4.69) is 6.58 Å². The van der Waals surface area contributed by atoms with Crippen molar-refractivity contribution in [3.8, 4) is 0 Å². The van der Waals surface area contributed by atoms with E-state index in [1.165, 1.54) is 11.8 Å². The highest BCUT2D eigenvalue weighted by atomic mass is 32.2. The Labute approximate surface area is 92.8 Å². The molecule has 0 bridgehead atoms. The molecule has 3 nitrogen and oxygen atoms in total. The van der Waals surface area contributed by atoms with Gasteiger partial charge in [-0.3, -0.25) is 0 Å². The molecule has 0 aliphatic carbocycles. The van der Waals surface area contributed by atoms with Gasteiger partial charge in [0.25, 0.3) is 0 Å². The molecular weight excluding hydrogens is 220 g/mol. The van der Waals surface area contributed by atoms with Gasteiger partial charge in [-0.25, -0.2) is 4.79 Å². The van der Waals surface area contributed by atoms with Gasteiger partial charge in [-0.15, -0.1) is 0 Å². The number of hydrogen-bond acceptors (Lipinski definition) is 5. The highest BCUT2D eigenvalue weighted by Crippen LogP contribution is 2.28. The zero-order valence-corrected chi connectivity index (χ0v) is 9.74. The number of carbonyl (C=O) groups excluding carboxylic acids is 1. The number of carbonyl (C=O) groups is 1. The Morgan fingerprint density at radius 2 is 2.43 bits per heavy atom. The molecule has 0 N–H and O–H groups in total. The third kappa shape index (κ3) is 2.99. The van der Waals surface area contributed by atoms with Crippen LogP contribution in [0, 0.1) is 0 Å². The summed E-state index contributed by atoms with van der Waals surface area (Å²) in [6.07, 6.45) is -0.129. The SMILES string of the molecule is C=C(C)C(=O)OCC1OC(=S)SC1C. The molecule has 0 aromatic heterocycles. The molecule has 1 rings (SSSR count). The van der Waals surface area contributed by atoms with Crippen LogP contribution in [0.15, 0.2) is 12.2 Å². The molecule has 1 fully saturated rings. The van der Waals surface area contributed by atoms with Crippen LogP contribution in [0.4, 0.5) is 0 Å². The van der Waals surface area contributed by atoms with Gasteiger partial charge in [0.1, 0.15) is 12.7 Å². The molecule has 5 heteroatoms. The van der Waals surface area contributed by atoms with E-state index < -0.39 is 0 Å². The highest BCUT2D eigenvalue weighted by Gasteiger charge is 2.30. The monoisotopic (exact) mass is 232 g/mol. The van der Waals surface area contributed by atoms with Crippen molar-refractivity contribution in [2.75, 3.05) is 6.61 Å². The molecular formula is C9H12O3S2. The summed E-state index contributed by atoms with van der Waals surface area (Å²) in [5.41, 5.74) is 0.394. The van der Waals surface area contributed by atoms with Crippen LogP contribution in [0.1, 0.15) is 13.8 Å². The topological polar surface area (TPSA) is 35.5 Å². The van der Waals surface area contributed by atoms with Crippen molar-refractivity contribution in [3.05, 3.63) is 12.2 Å². The summed E-state index contributed by atoms with van der Waals surface area (Å²) in [5.74, 6) is -0.386. The number of thioether (sulfide) groups is 1. The van der Waals surface area contributed by atoms with Crippen molar-refractivity contribution < 1.29 is 14.3 Å². The van der Waals surface area contributed by atoms with Gasteiger partial charge in [0.15, 0.2) is 0 Å². The quantitative estimate of drug-likeness (QED) is 0.422. The lowest BCUT2D eigenvalue weighted by molar-refractivity contribution is -0.141. The summed E-state index contributed by atoms with van der Waals surface area (Å²) >= 11 is 6.37. The van der Waals surface area contributed by atoms with Gasteiger partial charge in [-0.05, 0) is 26.1 Å². The molecule has 0 radical (unpaired) electrons. The van der Waals surface area contributed by atoms with Crippen molar-refractivity contribution >= 4 is 34.3 Å². The van der Waals surface area contributed by atoms with E-state index in [9.17, 15) is 4.79 Å². The number of hydrogen-bond donors (Lipinski definition) is 0. The average Bonchev–Trinajstić information content (AvgIpc) is 2.40. The lowest BCUT2D eigenvalue weighted by Crippen LogP contribution is -2.25. The van der Waals surface area contributed by atoms with Gasteiger partial charge >= 0.3 is 5.97 Å². The molecule has 0 spiro atoms. The highest BCUT2D eigenvalue weighted by molar-refractivity contribution is 8.23. The minimum atomic E-state index is -0.386. The van der Waals surface area contributed by atoms with Crippen molar-refractivity contribution in [1.29, 1.82) is 0 Å². The molecule has 1 aliphatic rings. The summed E-state index contributed by atoms with van der Waals surface area (Å²) < 4.78 is 10.8. The lowest BCUT2D eigenvalue weighted by Gasteiger charge is -2.13. The number of esters is 1. The van der Waals surface area contributed by atoms with Gasteiger partial charge in [0.05, 0.1) is 5.25 Å². The number of rotatable bonds is 3. The van der Waals surface area contributed by atoms with Crippen LogP contribution in [0.2, 0.25) is 0 Å². The largest absolute Gasteiger partial charge is 0.470 e. The van der Waals surface area contributed by atoms with E-state index in [1.807, 2.05) is 6.92 Å². The third-order valence-corrected chi connectivity index (χ3v) is 3.13. The predicted octanol–water partition coefficient (Wildman–Crippen LogP) is 1.91. The van der Waals surface area contributed by atoms with Gasteiger partial charge in [-0.1, -0.05) is 18.3 Å². The first-order valence-electron chi connectivity index (χ1n) is 4.20. The zero-order chi connectivity index (χ0) is 10.7. The molecule has 1 heterocycles. The molecule has 0 amide bonds. The van der Waals surface area contributed by atoms with E-state index in [0.29, 0.717) is 9.96 Å². The smallest absolute Gasteiger partial charge is 0.333 e. The van der Waals surface area contributed by atoms with Crippen molar-refractivity contribution in [3.63, 3.8) is 0 Å². The fourth-order valence-corrected chi connectivity index (χ4v) is 2.27. The molecule has 0 aromatic rings. The van der Waals surface area contributed by atoms with E-state index in [1.54, 1.807) is 6.92 Å². The molecule has 1 saturated heterocycles. The predicted molar refractivity (Wildman–Crippen MR) is 60.3 cm³/mol. The Bertz CT molecular complexity index is 275. The van der Waals surface area contributed by atoms with Crippen molar-refractivity contribution in [1.82, 2.24) is 0 Å². The fourth-order valence-electron chi connectivity index (χ4n) is 0.925. The summed E-state index contributed by atoms with van der Waals surface area (Å²) in [7, 11) is 0. The molecule has 78 valence electrons. The van der Waals surface area contributed by atoms with Gasteiger partial charge in [0.2, 0.25) is 4.38 Å². The Morgan fingerprint density at radius 3 is 2.86 bits per heavy atom. The maximum atomic E-state index is 11.1. The summed E-state index contributed by atoms with van der Waals surface area (Å²) in [6, 6.07) is 0. The Kier molecular flexibility index (Phi) is 3.95. The second kappa shape index (κ2) is 4.79. The van der Waals surface area contributed by atoms with E-state index in [4.69, 9.17) is 21.7 Å². The van der Waals surface area contributed by atoms with Crippen LogP contribution in [0.3, 0.4) is 0 Å². The third-order valence-electron chi connectivity index (χ3n) is 1.78. The first kappa shape index (κ1) is 11.5. The Balaban J connectivity index is 2.35. The van der Waals surface area contributed by atoms with Crippen LogP contribution in [-0.4, -0.2) is 28.3 Å². The molecule has 14 heavy (non-hydrogen) atoms. The molecule has 2 atom stereocenters. The summed E-state index contributed by atoms with van der Waals surface area (Å²) in [4.78, 5) is 11.1. The Morgan fingerprint density at radius 1 is 1.79 bits per heavy atom. The van der Waals surface area contributed by atoms with Crippen LogP contribution < -0.4 is 0 Å². The standard InChI is InChI=1S/C9H12O3S2/c1-5(2)8(10)11-4-7-6(3)14-9(13)12-7/h6-7H,1,4H2,2-3H3. The van der Waals surface area contributed by atoms with Gasteiger partial charge < -0.3 is 9.47 Å². The van der Waals surface area contributed by atoms with Crippen LogP contribution in [0.25, 0.3) is 0 Å². The van der Waals surface area contributed by atoms with Gasteiger partial charge in [0, 0.05) is 5.57 Å². The molecule has 1 aliphatic heterocycles. The maximum Gasteiger partial charge on any atom is 0.333 e. The minimum absolute atomic E-state index is 0.129. The Hall–Kier alpha value is -0.550. The van der Waals surface area contributed by atoms with Crippen molar-refractivity contribution in [2.45, 2.75) is 25.2 Å². The number of ether oxygens (including phenoxy) is 2. The fraction of sp³-hybridized carbons (Fsp3) is 0.556. The van der Waals surface area contributed by atoms with Crippen molar-refractivity contribution in [2.24, 2.45) is 0 Å². The number of thiocarbonyl (C=S) groups is 1. The maximum absolute atomic E-state index is 11.1. The molecule has 0 saturated carbocycles. The zero-order valence-electron chi connectivity index (χ0n) is 8.11.